The molecule has 168 valence electrons. The van der Waals surface area contributed by atoms with Crippen LogP contribution < -0.4 is 0 Å². The van der Waals surface area contributed by atoms with Gasteiger partial charge in [-0.25, -0.2) is 5.01 Å². The molecule has 5 rings (SSSR count). The predicted octanol–water partition coefficient (Wildman–Crippen LogP) is 5.74. The molecule has 0 unspecified atom stereocenters. The maximum atomic E-state index is 13.3. The standard InChI is InChI=1S/C23H20ClN5O2S2/c1-2-28-22(20-6-4-12-32-20)25-26-23(28)33-14-21(30)29-18(19-5-3-11-31-19)13-17(27-29)15-7-9-16(24)10-8-15/h3-12,18H,2,13-14H2,1H3/t18-/m0/s1. The van der Waals surface area contributed by atoms with E-state index in [9.17, 15) is 4.79 Å². The number of rotatable bonds is 7. The fourth-order valence-corrected chi connectivity index (χ4v) is 5.42. The Morgan fingerprint density at radius 3 is 2.76 bits per heavy atom. The lowest BCUT2D eigenvalue weighted by Gasteiger charge is -2.19. The van der Waals surface area contributed by atoms with Gasteiger partial charge in [-0.3, -0.25) is 4.79 Å². The monoisotopic (exact) mass is 497 g/mol. The molecule has 7 nitrogen and oxygen atoms in total. The third-order valence-electron chi connectivity index (χ3n) is 5.31. The number of carbonyl (C=O) groups excluding carboxylic acids is 1. The average Bonchev–Trinajstić information content (AvgIpc) is 3.62. The van der Waals surface area contributed by atoms with E-state index in [0.717, 1.165) is 22.0 Å². The Bertz CT molecular complexity index is 1270. The fourth-order valence-electron chi connectivity index (χ4n) is 3.72. The highest BCUT2D eigenvalue weighted by Gasteiger charge is 2.35. The molecule has 1 amide bonds. The summed E-state index contributed by atoms with van der Waals surface area (Å²) in [7, 11) is 0. The second-order valence-corrected chi connectivity index (χ2v) is 9.67. The van der Waals surface area contributed by atoms with Gasteiger partial charge in [-0.05, 0) is 48.2 Å². The minimum absolute atomic E-state index is 0.117. The van der Waals surface area contributed by atoms with Gasteiger partial charge in [0.1, 0.15) is 11.8 Å². The lowest BCUT2D eigenvalue weighted by Crippen LogP contribution is -2.28. The molecular weight excluding hydrogens is 478 g/mol. The molecule has 10 heteroatoms. The van der Waals surface area contributed by atoms with Crippen LogP contribution in [0.15, 0.2) is 74.8 Å². The zero-order valence-electron chi connectivity index (χ0n) is 17.7. The first kappa shape index (κ1) is 21.9. The van der Waals surface area contributed by atoms with E-state index in [0.29, 0.717) is 28.9 Å². The summed E-state index contributed by atoms with van der Waals surface area (Å²) in [4.78, 5) is 14.3. The summed E-state index contributed by atoms with van der Waals surface area (Å²) in [6.07, 6.45) is 2.18. The smallest absolute Gasteiger partial charge is 0.253 e. The Kier molecular flexibility index (Phi) is 6.34. The second kappa shape index (κ2) is 9.54. The van der Waals surface area contributed by atoms with Gasteiger partial charge in [0.15, 0.2) is 11.0 Å². The number of hydrogen-bond acceptors (Lipinski definition) is 7. The summed E-state index contributed by atoms with van der Waals surface area (Å²) in [5, 5.41) is 18.3. The average molecular weight is 498 g/mol. The topological polar surface area (TPSA) is 76.5 Å². The Morgan fingerprint density at radius 2 is 2.06 bits per heavy atom. The summed E-state index contributed by atoms with van der Waals surface area (Å²) in [6, 6.07) is 14.9. The molecule has 0 saturated carbocycles. The number of nitrogens with zero attached hydrogens (tertiary/aromatic N) is 5. The van der Waals surface area contributed by atoms with E-state index in [1.807, 2.05) is 65.4 Å². The van der Waals surface area contributed by atoms with Crippen LogP contribution in [-0.4, -0.2) is 37.1 Å². The first-order valence-electron chi connectivity index (χ1n) is 10.4. The third-order valence-corrected chi connectivity index (χ3v) is 7.38. The van der Waals surface area contributed by atoms with E-state index < -0.39 is 0 Å². The van der Waals surface area contributed by atoms with Crippen molar-refractivity contribution in [3.63, 3.8) is 0 Å². The Hall–Kier alpha value is -2.88. The van der Waals surface area contributed by atoms with Crippen molar-refractivity contribution in [1.29, 1.82) is 0 Å². The van der Waals surface area contributed by atoms with Crippen LogP contribution in [0.3, 0.4) is 0 Å². The number of hydrazone groups is 1. The van der Waals surface area contributed by atoms with Gasteiger partial charge in [0.25, 0.3) is 5.91 Å². The molecule has 0 N–H and O–H groups in total. The molecule has 0 fully saturated rings. The van der Waals surface area contributed by atoms with Crippen LogP contribution in [0.5, 0.6) is 0 Å². The predicted molar refractivity (Wildman–Crippen MR) is 131 cm³/mol. The zero-order valence-corrected chi connectivity index (χ0v) is 20.1. The summed E-state index contributed by atoms with van der Waals surface area (Å²) in [5.41, 5.74) is 1.76. The van der Waals surface area contributed by atoms with Gasteiger partial charge in [-0.2, -0.15) is 5.10 Å². The largest absolute Gasteiger partial charge is 0.467 e. The van der Waals surface area contributed by atoms with Crippen molar-refractivity contribution >= 4 is 46.3 Å². The van der Waals surface area contributed by atoms with E-state index in [4.69, 9.17) is 16.0 Å². The molecule has 0 aliphatic carbocycles. The molecule has 0 radical (unpaired) electrons. The highest BCUT2D eigenvalue weighted by atomic mass is 35.5. The molecule has 1 aromatic carbocycles. The van der Waals surface area contributed by atoms with Gasteiger partial charge in [-0.15, -0.1) is 21.5 Å². The van der Waals surface area contributed by atoms with Crippen LogP contribution in [0.2, 0.25) is 5.02 Å². The van der Waals surface area contributed by atoms with Crippen molar-refractivity contribution < 1.29 is 9.21 Å². The SMILES string of the molecule is CCn1c(SCC(=O)N2N=C(c3ccc(Cl)cc3)C[C@H]2c2ccco2)nnc1-c1cccs1. The number of carbonyl (C=O) groups is 1. The summed E-state index contributed by atoms with van der Waals surface area (Å²) >= 11 is 9.02. The first-order valence-corrected chi connectivity index (χ1v) is 12.7. The molecule has 0 bridgehead atoms. The molecule has 1 atom stereocenters. The second-order valence-electron chi connectivity index (χ2n) is 7.34. The molecule has 1 aliphatic heterocycles. The molecule has 4 heterocycles. The van der Waals surface area contributed by atoms with Gasteiger partial charge in [0.05, 0.1) is 22.6 Å². The number of amides is 1. The van der Waals surface area contributed by atoms with Crippen LogP contribution in [-0.2, 0) is 11.3 Å². The number of aromatic nitrogens is 3. The highest BCUT2D eigenvalue weighted by molar-refractivity contribution is 7.99. The molecular formula is C23H20ClN5O2S2. The maximum absolute atomic E-state index is 13.3. The Balaban J connectivity index is 1.36. The van der Waals surface area contributed by atoms with Crippen LogP contribution in [0.25, 0.3) is 10.7 Å². The van der Waals surface area contributed by atoms with Crippen LogP contribution in [0.4, 0.5) is 0 Å². The van der Waals surface area contributed by atoms with Crippen LogP contribution >= 0.6 is 34.7 Å². The molecule has 0 spiro atoms. The number of hydrogen-bond donors (Lipinski definition) is 0. The quantitative estimate of drug-likeness (QED) is 0.304. The van der Waals surface area contributed by atoms with Gasteiger partial charge in [0.2, 0.25) is 0 Å². The number of halogens is 1. The molecule has 1 aliphatic rings. The van der Waals surface area contributed by atoms with Crippen molar-refractivity contribution in [3.8, 4) is 10.7 Å². The van der Waals surface area contributed by atoms with Crippen molar-refractivity contribution in [2.24, 2.45) is 5.10 Å². The lowest BCUT2D eigenvalue weighted by atomic mass is 10.0. The van der Waals surface area contributed by atoms with Gasteiger partial charge in [0, 0.05) is 18.0 Å². The number of furan rings is 1. The van der Waals surface area contributed by atoms with E-state index in [2.05, 4.69) is 15.3 Å². The van der Waals surface area contributed by atoms with Crippen LogP contribution in [0, 0.1) is 0 Å². The van der Waals surface area contributed by atoms with Crippen molar-refractivity contribution in [2.45, 2.75) is 31.1 Å². The number of thioether (sulfide) groups is 1. The van der Waals surface area contributed by atoms with E-state index in [1.165, 1.54) is 16.8 Å². The number of benzene rings is 1. The van der Waals surface area contributed by atoms with E-state index in [1.54, 1.807) is 17.6 Å². The lowest BCUT2D eigenvalue weighted by molar-refractivity contribution is -0.130. The van der Waals surface area contributed by atoms with Crippen LogP contribution in [0.1, 0.15) is 30.7 Å². The molecule has 0 saturated heterocycles. The van der Waals surface area contributed by atoms with E-state index >= 15 is 0 Å². The van der Waals surface area contributed by atoms with Crippen molar-refractivity contribution in [1.82, 2.24) is 19.8 Å². The maximum Gasteiger partial charge on any atom is 0.253 e. The highest BCUT2D eigenvalue weighted by Crippen LogP contribution is 2.34. The Labute approximate surface area is 204 Å². The van der Waals surface area contributed by atoms with Gasteiger partial charge < -0.3 is 8.98 Å². The fraction of sp³-hybridized carbons (Fsp3) is 0.217. The molecule has 33 heavy (non-hydrogen) atoms. The van der Waals surface area contributed by atoms with Gasteiger partial charge in [-0.1, -0.05) is 41.6 Å². The van der Waals surface area contributed by atoms with E-state index in [-0.39, 0.29) is 17.7 Å². The molecule has 4 aromatic rings. The normalized spacial score (nSPS) is 15.8. The summed E-state index contributed by atoms with van der Waals surface area (Å²) in [6.45, 7) is 2.76. The van der Waals surface area contributed by atoms with Crippen molar-refractivity contribution in [3.05, 3.63) is 76.5 Å². The number of thiophene rings is 1. The minimum Gasteiger partial charge on any atom is -0.467 e. The van der Waals surface area contributed by atoms with Gasteiger partial charge >= 0.3 is 0 Å². The van der Waals surface area contributed by atoms with Crippen molar-refractivity contribution in [2.75, 3.05) is 5.75 Å². The summed E-state index contributed by atoms with van der Waals surface area (Å²) in [5.74, 6) is 1.60. The summed E-state index contributed by atoms with van der Waals surface area (Å²) < 4.78 is 7.65. The minimum atomic E-state index is -0.287. The molecule has 3 aromatic heterocycles. The zero-order chi connectivity index (χ0) is 22.8. The Morgan fingerprint density at radius 1 is 1.21 bits per heavy atom. The third kappa shape index (κ3) is 4.48. The first-order chi connectivity index (χ1) is 16.1.